The number of H-pyrrole nitrogens is 1. The number of nitrogens with one attached hydrogen (secondary N) is 1. The molecule has 0 bridgehead atoms. The van der Waals surface area contributed by atoms with E-state index in [0.29, 0.717) is 49.1 Å². The van der Waals surface area contributed by atoms with Gasteiger partial charge in [-0.1, -0.05) is 6.07 Å². The number of aromatic amines is 1. The van der Waals surface area contributed by atoms with Gasteiger partial charge in [0.25, 0.3) is 11.8 Å². The number of methoxy groups -OCH3 is 1. The normalized spacial score (nSPS) is 17.3. The summed E-state index contributed by atoms with van der Waals surface area (Å²) in [5.41, 5.74) is 2.13. The molecule has 1 saturated heterocycles. The topological polar surface area (TPSA) is 78.5 Å². The van der Waals surface area contributed by atoms with Crippen molar-refractivity contribution in [3.8, 4) is 5.75 Å². The van der Waals surface area contributed by atoms with Crippen LogP contribution in [0, 0.1) is 0 Å². The molecule has 1 saturated carbocycles. The molecule has 2 aliphatic rings. The van der Waals surface area contributed by atoms with Crippen LogP contribution in [0.15, 0.2) is 30.3 Å². The van der Waals surface area contributed by atoms with Gasteiger partial charge in [-0.15, -0.1) is 0 Å². The Bertz CT molecular complexity index is 820. The highest BCUT2D eigenvalue weighted by atomic mass is 16.5. The molecular formula is C19H22N4O3. The molecular weight excluding hydrogens is 332 g/mol. The van der Waals surface area contributed by atoms with Crippen LogP contribution >= 0.6 is 0 Å². The Morgan fingerprint density at radius 2 is 1.77 bits per heavy atom. The maximum atomic E-state index is 12.6. The largest absolute Gasteiger partial charge is 0.497 e. The smallest absolute Gasteiger partial charge is 0.274 e. The number of carbonyl (C=O) groups excluding carboxylic acids is 2. The molecule has 7 heteroatoms. The van der Waals surface area contributed by atoms with Crippen molar-refractivity contribution in [3.05, 3.63) is 47.3 Å². The molecule has 1 aliphatic heterocycles. The molecule has 26 heavy (non-hydrogen) atoms. The lowest BCUT2D eigenvalue weighted by atomic mass is 10.1. The third-order valence-electron chi connectivity index (χ3n) is 5.00. The summed E-state index contributed by atoms with van der Waals surface area (Å²) >= 11 is 0. The Labute approximate surface area is 151 Å². The van der Waals surface area contributed by atoms with Crippen LogP contribution < -0.4 is 4.74 Å². The van der Waals surface area contributed by atoms with E-state index in [1.165, 1.54) is 12.8 Å². The minimum atomic E-state index is -0.0679. The summed E-state index contributed by atoms with van der Waals surface area (Å²) in [6.07, 6.45) is 2.34. The monoisotopic (exact) mass is 354 g/mol. The lowest BCUT2D eigenvalue weighted by Gasteiger charge is -2.34. The zero-order chi connectivity index (χ0) is 18.1. The first-order valence-corrected chi connectivity index (χ1v) is 8.93. The number of aromatic nitrogens is 2. The first kappa shape index (κ1) is 16.6. The van der Waals surface area contributed by atoms with Gasteiger partial charge in [0, 0.05) is 43.4 Å². The molecule has 0 spiro atoms. The molecule has 1 aromatic heterocycles. The molecule has 4 rings (SSSR count). The van der Waals surface area contributed by atoms with Crippen molar-refractivity contribution >= 4 is 11.8 Å². The van der Waals surface area contributed by atoms with Gasteiger partial charge in [-0.3, -0.25) is 14.7 Å². The van der Waals surface area contributed by atoms with Gasteiger partial charge in [-0.2, -0.15) is 5.10 Å². The van der Waals surface area contributed by atoms with Crippen molar-refractivity contribution in [2.75, 3.05) is 33.3 Å². The van der Waals surface area contributed by atoms with Crippen molar-refractivity contribution in [2.24, 2.45) is 0 Å². The van der Waals surface area contributed by atoms with Gasteiger partial charge in [0.1, 0.15) is 11.4 Å². The van der Waals surface area contributed by atoms with Crippen molar-refractivity contribution < 1.29 is 14.3 Å². The van der Waals surface area contributed by atoms with E-state index in [1.54, 1.807) is 35.1 Å². The van der Waals surface area contributed by atoms with Gasteiger partial charge in [-0.05, 0) is 37.1 Å². The third-order valence-corrected chi connectivity index (χ3v) is 5.00. The molecule has 1 N–H and O–H groups in total. The summed E-state index contributed by atoms with van der Waals surface area (Å²) in [6, 6.07) is 9.01. The molecule has 136 valence electrons. The fourth-order valence-corrected chi connectivity index (χ4v) is 3.26. The second kappa shape index (κ2) is 6.82. The van der Waals surface area contributed by atoms with Crippen LogP contribution in [0.3, 0.4) is 0 Å². The summed E-state index contributed by atoms with van der Waals surface area (Å²) in [6.45, 7) is 2.06. The molecule has 2 aromatic rings. The maximum absolute atomic E-state index is 12.6. The van der Waals surface area contributed by atoms with Gasteiger partial charge < -0.3 is 14.5 Å². The molecule has 0 atom stereocenters. The van der Waals surface area contributed by atoms with E-state index in [-0.39, 0.29) is 11.8 Å². The van der Waals surface area contributed by atoms with E-state index in [9.17, 15) is 9.59 Å². The Hall–Kier alpha value is -2.83. The Morgan fingerprint density at radius 3 is 2.42 bits per heavy atom. The fourth-order valence-electron chi connectivity index (χ4n) is 3.26. The minimum absolute atomic E-state index is 0.0354. The number of piperazine rings is 1. The van der Waals surface area contributed by atoms with Gasteiger partial charge in [0.15, 0.2) is 0 Å². The van der Waals surface area contributed by atoms with E-state index in [0.717, 1.165) is 5.69 Å². The van der Waals surface area contributed by atoms with Crippen molar-refractivity contribution in [2.45, 2.75) is 18.8 Å². The van der Waals surface area contributed by atoms with Crippen LogP contribution in [0.1, 0.15) is 45.3 Å². The Balaban J connectivity index is 1.36. The van der Waals surface area contributed by atoms with E-state index in [2.05, 4.69) is 10.2 Å². The number of ether oxygens (including phenoxy) is 1. The molecule has 2 amide bonds. The van der Waals surface area contributed by atoms with Crippen LogP contribution in [0.5, 0.6) is 5.75 Å². The second-order valence-corrected chi connectivity index (χ2v) is 6.80. The van der Waals surface area contributed by atoms with Crippen molar-refractivity contribution in [1.82, 2.24) is 20.0 Å². The summed E-state index contributed by atoms with van der Waals surface area (Å²) in [4.78, 5) is 28.8. The fraction of sp³-hybridized carbons (Fsp3) is 0.421. The zero-order valence-electron chi connectivity index (χ0n) is 14.8. The summed E-state index contributed by atoms with van der Waals surface area (Å²) < 4.78 is 5.18. The third kappa shape index (κ3) is 3.29. The van der Waals surface area contributed by atoms with Crippen LogP contribution in [0.25, 0.3) is 0 Å². The van der Waals surface area contributed by atoms with Crippen LogP contribution in [0.4, 0.5) is 0 Å². The van der Waals surface area contributed by atoms with Gasteiger partial charge in [-0.25, -0.2) is 0 Å². The number of nitrogens with zero attached hydrogens (tertiary/aromatic N) is 3. The highest BCUT2D eigenvalue weighted by Crippen LogP contribution is 2.39. The number of rotatable bonds is 4. The summed E-state index contributed by atoms with van der Waals surface area (Å²) in [5.74, 6) is 1.10. The minimum Gasteiger partial charge on any atom is -0.497 e. The summed E-state index contributed by atoms with van der Waals surface area (Å²) in [7, 11) is 1.58. The molecule has 2 heterocycles. The number of hydrogen-bond donors (Lipinski definition) is 1. The number of carbonyl (C=O) groups is 2. The van der Waals surface area contributed by atoms with E-state index >= 15 is 0 Å². The molecule has 0 radical (unpaired) electrons. The van der Waals surface area contributed by atoms with Gasteiger partial charge in [0.05, 0.1) is 7.11 Å². The maximum Gasteiger partial charge on any atom is 0.274 e. The van der Waals surface area contributed by atoms with E-state index in [1.807, 2.05) is 12.1 Å². The highest BCUT2D eigenvalue weighted by molar-refractivity contribution is 5.95. The highest BCUT2D eigenvalue weighted by Gasteiger charge is 2.29. The number of amides is 2. The molecule has 0 unspecified atom stereocenters. The molecule has 1 aromatic carbocycles. The average molecular weight is 354 g/mol. The van der Waals surface area contributed by atoms with Crippen molar-refractivity contribution in [3.63, 3.8) is 0 Å². The lowest BCUT2D eigenvalue weighted by molar-refractivity contribution is 0.0532. The first-order chi connectivity index (χ1) is 12.7. The Kier molecular flexibility index (Phi) is 4.36. The van der Waals surface area contributed by atoms with Crippen LogP contribution in [-0.4, -0.2) is 65.1 Å². The lowest BCUT2D eigenvalue weighted by Crippen LogP contribution is -2.50. The average Bonchev–Trinajstić information content (AvgIpc) is 3.44. The second-order valence-electron chi connectivity index (χ2n) is 6.80. The van der Waals surface area contributed by atoms with Gasteiger partial charge >= 0.3 is 0 Å². The quantitative estimate of drug-likeness (QED) is 0.909. The number of hydrogen-bond acceptors (Lipinski definition) is 4. The SMILES string of the molecule is COc1cccc(C(=O)N2CCN(C(=O)c3cc(C4CC4)[nH]n3)CC2)c1. The molecule has 1 aliphatic carbocycles. The zero-order valence-corrected chi connectivity index (χ0v) is 14.8. The number of benzene rings is 1. The predicted octanol–water partition coefficient (Wildman–Crippen LogP) is 1.89. The summed E-state index contributed by atoms with van der Waals surface area (Å²) in [5, 5.41) is 7.14. The van der Waals surface area contributed by atoms with E-state index < -0.39 is 0 Å². The van der Waals surface area contributed by atoms with Crippen LogP contribution in [-0.2, 0) is 0 Å². The van der Waals surface area contributed by atoms with Crippen LogP contribution in [0.2, 0.25) is 0 Å². The molecule has 2 fully saturated rings. The molecule has 7 nitrogen and oxygen atoms in total. The van der Waals surface area contributed by atoms with Crippen molar-refractivity contribution in [1.29, 1.82) is 0 Å². The first-order valence-electron chi connectivity index (χ1n) is 8.93. The van der Waals surface area contributed by atoms with E-state index in [4.69, 9.17) is 4.74 Å². The predicted molar refractivity (Wildman–Crippen MR) is 95.4 cm³/mol. The Morgan fingerprint density at radius 1 is 1.08 bits per heavy atom. The standard InChI is InChI=1S/C19H22N4O3/c1-26-15-4-2-3-14(11-15)18(24)22-7-9-23(10-8-22)19(25)17-12-16(20-21-17)13-5-6-13/h2-4,11-13H,5-10H2,1H3,(H,20,21). The van der Waals surface area contributed by atoms with Gasteiger partial charge in [0.2, 0.25) is 0 Å².